The van der Waals surface area contributed by atoms with Crippen LogP contribution in [0, 0.1) is 0 Å². The van der Waals surface area contributed by atoms with E-state index in [1.54, 1.807) is 12.1 Å². The minimum atomic E-state index is -3.36. The van der Waals surface area contributed by atoms with Crippen LogP contribution in [0.1, 0.15) is 18.4 Å². The van der Waals surface area contributed by atoms with Gasteiger partial charge < -0.3 is 0 Å². The highest BCUT2D eigenvalue weighted by atomic mass is 32.2. The second-order valence-corrected chi connectivity index (χ2v) is 6.19. The molecule has 2 rings (SSSR count). The molecule has 1 aromatic rings. The van der Waals surface area contributed by atoms with Crippen LogP contribution < -0.4 is 0 Å². The smallest absolute Gasteiger partial charge is 0.218 e. The molecule has 0 bridgehead atoms. The fourth-order valence-electron chi connectivity index (χ4n) is 1.92. The highest BCUT2D eigenvalue weighted by Gasteiger charge is 2.27. The number of rotatable bonds is 3. The molecule has 1 aliphatic rings. The Bertz CT molecular complexity index is 496. The molecule has 0 amide bonds. The zero-order valence-corrected chi connectivity index (χ0v) is 10.3. The van der Waals surface area contributed by atoms with Crippen molar-refractivity contribution in [3.63, 3.8) is 0 Å². The summed E-state index contributed by atoms with van der Waals surface area (Å²) in [6, 6.07) is 9.03. The number of carbonyl (C=O) groups excluding carboxylic acids is 1. The molecule has 0 unspecified atom stereocenters. The van der Waals surface area contributed by atoms with Gasteiger partial charge in [0.1, 0.15) is 5.78 Å². The summed E-state index contributed by atoms with van der Waals surface area (Å²) in [5, 5.41) is 0. The molecule has 1 fully saturated rings. The van der Waals surface area contributed by atoms with Crippen molar-refractivity contribution in [1.29, 1.82) is 0 Å². The van der Waals surface area contributed by atoms with E-state index in [4.69, 9.17) is 0 Å². The molecule has 0 aromatic heterocycles. The highest BCUT2D eigenvalue weighted by Crippen LogP contribution is 2.15. The van der Waals surface area contributed by atoms with Crippen LogP contribution in [0.25, 0.3) is 0 Å². The van der Waals surface area contributed by atoms with Crippen molar-refractivity contribution in [2.75, 3.05) is 13.1 Å². The van der Waals surface area contributed by atoms with E-state index in [-0.39, 0.29) is 18.1 Å². The summed E-state index contributed by atoms with van der Waals surface area (Å²) in [6.07, 6.45) is 1.13. The standard InChI is InChI=1S/C12H15NO3S/c14-12-7-4-8-13(9-12)17(15,16)10-11-5-2-1-3-6-11/h1-3,5-6H,4,7-10H2. The van der Waals surface area contributed by atoms with Gasteiger partial charge in [0.15, 0.2) is 0 Å². The average Bonchev–Trinajstić information content (AvgIpc) is 2.30. The maximum absolute atomic E-state index is 12.1. The van der Waals surface area contributed by atoms with Gasteiger partial charge >= 0.3 is 0 Å². The number of carbonyl (C=O) groups is 1. The Morgan fingerprint density at radius 2 is 1.88 bits per heavy atom. The number of nitrogens with zero attached hydrogens (tertiary/aromatic N) is 1. The lowest BCUT2D eigenvalue weighted by atomic mass is 10.1. The van der Waals surface area contributed by atoms with Gasteiger partial charge in [-0.3, -0.25) is 4.79 Å². The van der Waals surface area contributed by atoms with Gasteiger partial charge in [-0.2, -0.15) is 4.31 Å². The van der Waals surface area contributed by atoms with Crippen molar-refractivity contribution < 1.29 is 13.2 Å². The van der Waals surface area contributed by atoms with E-state index in [2.05, 4.69) is 0 Å². The van der Waals surface area contributed by atoms with E-state index in [1.165, 1.54) is 4.31 Å². The lowest BCUT2D eigenvalue weighted by molar-refractivity contribution is -0.120. The fourth-order valence-corrected chi connectivity index (χ4v) is 3.47. The Labute approximate surface area is 101 Å². The highest BCUT2D eigenvalue weighted by molar-refractivity contribution is 7.88. The summed E-state index contributed by atoms with van der Waals surface area (Å²) in [7, 11) is -3.36. The van der Waals surface area contributed by atoms with E-state index in [0.717, 1.165) is 5.56 Å². The monoisotopic (exact) mass is 253 g/mol. The molecule has 0 saturated carbocycles. The molecule has 0 radical (unpaired) electrons. The molecule has 1 saturated heterocycles. The summed E-state index contributed by atoms with van der Waals surface area (Å²) >= 11 is 0. The molecule has 1 heterocycles. The van der Waals surface area contributed by atoms with Crippen LogP contribution in [-0.2, 0) is 20.6 Å². The van der Waals surface area contributed by atoms with Crippen molar-refractivity contribution >= 4 is 15.8 Å². The second kappa shape index (κ2) is 4.98. The van der Waals surface area contributed by atoms with Crippen LogP contribution in [0.15, 0.2) is 30.3 Å². The molecular formula is C12H15NO3S. The van der Waals surface area contributed by atoms with Gasteiger partial charge in [-0.25, -0.2) is 8.42 Å². The number of hydrogen-bond acceptors (Lipinski definition) is 3. The molecule has 0 spiro atoms. The molecule has 17 heavy (non-hydrogen) atoms. The van der Waals surface area contributed by atoms with Crippen molar-refractivity contribution in [1.82, 2.24) is 4.31 Å². The first-order chi connectivity index (χ1) is 8.08. The summed E-state index contributed by atoms with van der Waals surface area (Å²) < 4.78 is 25.4. The maximum Gasteiger partial charge on any atom is 0.218 e. The van der Waals surface area contributed by atoms with Gasteiger partial charge in [0.05, 0.1) is 12.3 Å². The second-order valence-electron chi connectivity index (χ2n) is 4.22. The zero-order chi connectivity index (χ0) is 12.3. The third-order valence-electron chi connectivity index (χ3n) is 2.80. The summed E-state index contributed by atoms with van der Waals surface area (Å²) in [6.45, 7) is 0.496. The number of benzene rings is 1. The Morgan fingerprint density at radius 1 is 1.18 bits per heavy atom. The quantitative estimate of drug-likeness (QED) is 0.813. The minimum absolute atomic E-state index is 0.00730. The van der Waals surface area contributed by atoms with E-state index in [1.807, 2.05) is 18.2 Å². The molecule has 1 aliphatic heterocycles. The van der Waals surface area contributed by atoms with Gasteiger partial charge in [0.25, 0.3) is 0 Å². The SMILES string of the molecule is O=C1CCCN(S(=O)(=O)Cc2ccccc2)C1. The first-order valence-electron chi connectivity index (χ1n) is 5.61. The minimum Gasteiger partial charge on any atom is -0.298 e. The fraction of sp³-hybridized carbons (Fsp3) is 0.417. The van der Waals surface area contributed by atoms with Crippen LogP contribution in [-0.4, -0.2) is 31.6 Å². The molecule has 0 atom stereocenters. The van der Waals surface area contributed by atoms with Gasteiger partial charge in [0.2, 0.25) is 10.0 Å². The number of hydrogen-bond donors (Lipinski definition) is 0. The summed E-state index contributed by atoms with van der Waals surface area (Å²) in [5.41, 5.74) is 0.755. The number of sulfonamides is 1. The van der Waals surface area contributed by atoms with E-state index in [0.29, 0.717) is 19.4 Å². The van der Waals surface area contributed by atoms with Crippen molar-refractivity contribution in [2.45, 2.75) is 18.6 Å². The van der Waals surface area contributed by atoms with Crippen molar-refractivity contribution in [3.8, 4) is 0 Å². The van der Waals surface area contributed by atoms with Crippen LogP contribution in [0.2, 0.25) is 0 Å². The molecule has 0 aliphatic carbocycles. The summed E-state index contributed by atoms with van der Waals surface area (Å²) in [5.74, 6) is -0.0194. The van der Waals surface area contributed by atoms with Crippen molar-refractivity contribution in [2.24, 2.45) is 0 Å². The first kappa shape index (κ1) is 12.3. The average molecular weight is 253 g/mol. The number of Topliss-reactive ketones (excluding diaryl/α,β-unsaturated/α-hetero) is 1. The molecule has 0 N–H and O–H groups in total. The third kappa shape index (κ3) is 3.14. The van der Waals surface area contributed by atoms with Crippen LogP contribution >= 0.6 is 0 Å². The van der Waals surface area contributed by atoms with Crippen LogP contribution in [0.5, 0.6) is 0 Å². The predicted octanol–water partition coefficient (Wildman–Crippen LogP) is 1.18. The predicted molar refractivity (Wildman–Crippen MR) is 64.9 cm³/mol. The number of piperidine rings is 1. The molecule has 5 heteroatoms. The lowest BCUT2D eigenvalue weighted by Crippen LogP contribution is -2.40. The Kier molecular flexibility index (Phi) is 3.59. The Balaban J connectivity index is 2.11. The van der Waals surface area contributed by atoms with Gasteiger partial charge in [-0.15, -0.1) is 0 Å². The van der Waals surface area contributed by atoms with Gasteiger partial charge in [-0.05, 0) is 12.0 Å². The molecular weight excluding hydrogens is 238 g/mol. The van der Waals surface area contributed by atoms with Crippen molar-refractivity contribution in [3.05, 3.63) is 35.9 Å². The topological polar surface area (TPSA) is 54.5 Å². The van der Waals surface area contributed by atoms with E-state index >= 15 is 0 Å². The molecule has 1 aromatic carbocycles. The van der Waals surface area contributed by atoms with Crippen LogP contribution in [0.4, 0.5) is 0 Å². The maximum atomic E-state index is 12.1. The lowest BCUT2D eigenvalue weighted by Gasteiger charge is -2.25. The normalized spacial score (nSPS) is 18.2. The Morgan fingerprint density at radius 3 is 2.53 bits per heavy atom. The Hall–Kier alpha value is -1.20. The number of ketones is 1. The zero-order valence-electron chi connectivity index (χ0n) is 9.50. The van der Waals surface area contributed by atoms with E-state index in [9.17, 15) is 13.2 Å². The largest absolute Gasteiger partial charge is 0.298 e. The van der Waals surface area contributed by atoms with Gasteiger partial charge in [0, 0.05) is 13.0 Å². The first-order valence-corrected chi connectivity index (χ1v) is 7.22. The van der Waals surface area contributed by atoms with Crippen LogP contribution in [0.3, 0.4) is 0 Å². The van der Waals surface area contributed by atoms with E-state index < -0.39 is 10.0 Å². The van der Waals surface area contributed by atoms with Gasteiger partial charge in [-0.1, -0.05) is 30.3 Å². The third-order valence-corrected chi connectivity index (χ3v) is 4.60. The summed E-state index contributed by atoms with van der Waals surface area (Å²) in [4.78, 5) is 11.3. The molecule has 92 valence electrons. The molecule has 4 nitrogen and oxygen atoms in total.